The van der Waals surface area contributed by atoms with Crippen molar-refractivity contribution in [2.75, 3.05) is 0 Å². The molecule has 2 N–H and O–H groups in total. The summed E-state index contributed by atoms with van der Waals surface area (Å²) in [7, 11) is -1.59. The minimum atomic E-state index is -1.59. The van der Waals surface area contributed by atoms with Crippen LogP contribution in [0.1, 0.15) is 0 Å². The van der Waals surface area contributed by atoms with Crippen molar-refractivity contribution < 1.29 is 10.0 Å². The Balaban J connectivity index is 2.68. The standard InChI is InChI=1S/C12H9BBrClO2/c14-10-6-2-1-4-8(10)9-5-3-7-11(15)12(9)13(16)17/h1-7,16-17H. The number of benzene rings is 2. The molecule has 2 rings (SSSR count). The number of halogens is 2. The molecule has 0 radical (unpaired) electrons. The first-order chi connectivity index (χ1) is 8.11. The first-order valence-electron chi connectivity index (χ1n) is 5.00. The van der Waals surface area contributed by atoms with E-state index in [0.29, 0.717) is 16.0 Å². The Hall–Kier alpha value is -0.805. The number of hydrogen-bond donors (Lipinski definition) is 2. The van der Waals surface area contributed by atoms with Crippen LogP contribution in [0.3, 0.4) is 0 Å². The van der Waals surface area contributed by atoms with Gasteiger partial charge in [0.2, 0.25) is 0 Å². The largest absolute Gasteiger partial charge is 0.490 e. The van der Waals surface area contributed by atoms with Crippen LogP contribution in [0.5, 0.6) is 0 Å². The smallest absolute Gasteiger partial charge is 0.423 e. The van der Waals surface area contributed by atoms with Gasteiger partial charge in [-0.15, -0.1) is 0 Å². The monoisotopic (exact) mass is 310 g/mol. The van der Waals surface area contributed by atoms with Crippen LogP contribution in [0.2, 0.25) is 5.02 Å². The Bertz CT molecular complexity index is 546. The van der Waals surface area contributed by atoms with Crippen LogP contribution in [0, 0.1) is 0 Å². The predicted octanol–water partition coefficient (Wildman–Crippen LogP) is 2.45. The molecule has 5 heteroatoms. The highest BCUT2D eigenvalue weighted by Gasteiger charge is 2.21. The van der Waals surface area contributed by atoms with Crippen molar-refractivity contribution in [2.45, 2.75) is 0 Å². The van der Waals surface area contributed by atoms with Crippen LogP contribution in [0.15, 0.2) is 46.9 Å². The number of hydrogen-bond acceptors (Lipinski definition) is 2. The summed E-state index contributed by atoms with van der Waals surface area (Å²) in [6.07, 6.45) is 0. The maximum Gasteiger partial charge on any atom is 0.490 e. The molecule has 2 nitrogen and oxygen atoms in total. The van der Waals surface area contributed by atoms with E-state index in [1.54, 1.807) is 18.2 Å². The summed E-state index contributed by atoms with van der Waals surface area (Å²) in [5, 5.41) is 19.1. The van der Waals surface area contributed by atoms with Gasteiger partial charge in [0.1, 0.15) is 0 Å². The molecule has 0 unspecified atom stereocenters. The zero-order valence-electron chi connectivity index (χ0n) is 8.77. The van der Waals surface area contributed by atoms with Crippen LogP contribution < -0.4 is 5.46 Å². The van der Waals surface area contributed by atoms with E-state index in [4.69, 9.17) is 11.6 Å². The van der Waals surface area contributed by atoms with Gasteiger partial charge in [-0.3, -0.25) is 0 Å². The topological polar surface area (TPSA) is 40.5 Å². The number of rotatable bonds is 2. The van der Waals surface area contributed by atoms with Gasteiger partial charge in [0.05, 0.1) is 0 Å². The molecule has 0 heterocycles. The second kappa shape index (κ2) is 5.23. The van der Waals surface area contributed by atoms with Crippen LogP contribution in [0.4, 0.5) is 0 Å². The Kier molecular flexibility index (Phi) is 3.89. The van der Waals surface area contributed by atoms with Crippen molar-refractivity contribution in [1.29, 1.82) is 0 Å². The molecule has 0 atom stereocenters. The molecule has 17 heavy (non-hydrogen) atoms. The molecule has 0 aliphatic carbocycles. The molecular weight excluding hydrogens is 302 g/mol. The van der Waals surface area contributed by atoms with Gasteiger partial charge < -0.3 is 10.0 Å². The molecule has 0 saturated carbocycles. The first-order valence-corrected chi connectivity index (χ1v) is 6.18. The highest BCUT2D eigenvalue weighted by atomic mass is 79.9. The fourth-order valence-electron chi connectivity index (χ4n) is 1.71. The summed E-state index contributed by atoms with van der Waals surface area (Å²) >= 11 is 9.43. The van der Waals surface area contributed by atoms with E-state index in [2.05, 4.69) is 15.9 Å². The van der Waals surface area contributed by atoms with Gasteiger partial charge in [0, 0.05) is 15.0 Å². The first kappa shape index (κ1) is 12.6. The highest BCUT2D eigenvalue weighted by Crippen LogP contribution is 2.28. The van der Waals surface area contributed by atoms with Gasteiger partial charge in [-0.1, -0.05) is 57.9 Å². The van der Waals surface area contributed by atoms with Crippen molar-refractivity contribution in [3.8, 4) is 11.1 Å². The third kappa shape index (κ3) is 2.55. The van der Waals surface area contributed by atoms with Gasteiger partial charge >= 0.3 is 7.12 Å². The summed E-state index contributed by atoms with van der Waals surface area (Å²) < 4.78 is 0.879. The van der Waals surface area contributed by atoms with Crippen LogP contribution in [0.25, 0.3) is 11.1 Å². The van der Waals surface area contributed by atoms with Crippen molar-refractivity contribution in [1.82, 2.24) is 0 Å². The van der Waals surface area contributed by atoms with E-state index in [1.807, 2.05) is 24.3 Å². The SMILES string of the molecule is OB(O)c1c(Cl)cccc1-c1ccccc1Br. The maximum atomic E-state index is 9.39. The van der Waals surface area contributed by atoms with E-state index in [9.17, 15) is 10.0 Å². The lowest BCUT2D eigenvalue weighted by Gasteiger charge is -2.12. The van der Waals surface area contributed by atoms with E-state index in [0.717, 1.165) is 10.0 Å². The van der Waals surface area contributed by atoms with Gasteiger partial charge in [0.15, 0.2) is 0 Å². The van der Waals surface area contributed by atoms with E-state index in [-0.39, 0.29) is 0 Å². The molecule has 0 fully saturated rings. The molecule has 2 aromatic carbocycles. The molecule has 0 saturated heterocycles. The van der Waals surface area contributed by atoms with Crippen LogP contribution in [-0.2, 0) is 0 Å². The lowest BCUT2D eigenvalue weighted by Crippen LogP contribution is -2.32. The van der Waals surface area contributed by atoms with Gasteiger partial charge in [-0.2, -0.15) is 0 Å². The third-order valence-electron chi connectivity index (χ3n) is 2.48. The molecule has 0 bridgehead atoms. The fraction of sp³-hybridized carbons (Fsp3) is 0. The van der Waals surface area contributed by atoms with Crippen molar-refractivity contribution in [3.05, 3.63) is 52.0 Å². The molecule has 0 aromatic heterocycles. The van der Waals surface area contributed by atoms with Gasteiger partial charge in [-0.25, -0.2) is 0 Å². The maximum absolute atomic E-state index is 9.39. The summed E-state index contributed by atoms with van der Waals surface area (Å²) in [6.45, 7) is 0. The summed E-state index contributed by atoms with van der Waals surface area (Å²) in [4.78, 5) is 0. The minimum absolute atomic E-state index is 0.320. The second-order valence-electron chi connectivity index (χ2n) is 3.55. The van der Waals surface area contributed by atoms with E-state index in [1.165, 1.54) is 0 Å². The molecule has 0 aliphatic heterocycles. The highest BCUT2D eigenvalue weighted by molar-refractivity contribution is 9.10. The van der Waals surface area contributed by atoms with Crippen molar-refractivity contribution in [3.63, 3.8) is 0 Å². The van der Waals surface area contributed by atoms with E-state index < -0.39 is 7.12 Å². The Morgan fingerprint density at radius 1 is 0.941 bits per heavy atom. The third-order valence-corrected chi connectivity index (χ3v) is 3.50. The lowest BCUT2D eigenvalue weighted by atomic mass is 9.75. The second-order valence-corrected chi connectivity index (χ2v) is 4.82. The molecule has 0 amide bonds. The molecule has 86 valence electrons. The van der Waals surface area contributed by atoms with Crippen LogP contribution >= 0.6 is 27.5 Å². The Labute approximate surface area is 113 Å². The average Bonchev–Trinajstić information content (AvgIpc) is 2.28. The molecule has 2 aromatic rings. The summed E-state index contributed by atoms with van der Waals surface area (Å²) in [5.41, 5.74) is 1.90. The van der Waals surface area contributed by atoms with Gasteiger partial charge in [-0.05, 0) is 23.3 Å². The zero-order valence-corrected chi connectivity index (χ0v) is 11.1. The molecule has 0 spiro atoms. The summed E-state index contributed by atoms with van der Waals surface area (Å²) in [6, 6.07) is 12.8. The Morgan fingerprint density at radius 2 is 1.59 bits per heavy atom. The lowest BCUT2D eigenvalue weighted by molar-refractivity contribution is 0.426. The Morgan fingerprint density at radius 3 is 2.24 bits per heavy atom. The molecule has 0 aliphatic rings. The zero-order chi connectivity index (χ0) is 12.4. The van der Waals surface area contributed by atoms with Crippen molar-refractivity contribution in [2.24, 2.45) is 0 Å². The fourth-order valence-corrected chi connectivity index (χ4v) is 2.48. The molecular formula is C12H9BBrClO2. The predicted molar refractivity (Wildman–Crippen MR) is 74.4 cm³/mol. The summed E-state index contributed by atoms with van der Waals surface area (Å²) in [5.74, 6) is 0. The van der Waals surface area contributed by atoms with Crippen molar-refractivity contribution >= 4 is 40.1 Å². The van der Waals surface area contributed by atoms with Gasteiger partial charge in [0.25, 0.3) is 0 Å². The minimum Gasteiger partial charge on any atom is -0.423 e. The van der Waals surface area contributed by atoms with E-state index >= 15 is 0 Å². The quantitative estimate of drug-likeness (QED) is 0.837. The average molecular weight is 311 g/mol. The normalized spacial score (nSPS) is 10.4. The van der Waals surface area contributed by atoms with Crippen LogP contribution in [-0.4, -0.2) is 17.2 Å².